The van der Waals surface area contributed by atoms with Gasteiger partial charge in [0.2, 0.25) is 0 Å². The van der Waals surface area contributed by atoms with Crippen LogP contribution in [0.3, 0.4) is 0 Å². The number of halogens is 3. The molecule has 19 heavy (non-hydrogen) atoms. The lowest BCUT2D eigenvalue weighted by Crippen LogP contribution is -1.94. The zero-order valence-corrected chi connectivity index (χ0v) is 12.1. The summed E-state index contributed by atoms with van der Waals surface area (Å²) >= 11 is 11.8. The number of ether oxygens (including phenoxy) is 1. The Hall–Kier alpha value is -1.25. The molecule has 0 heterocycles. The second kappa shape index (κ2) is 5.81. The van der Waals surface area contributed by atoms with Crippen molar-refractivity contribution in [2.24, 2.45) is 0 Å². The lowest BCUT2D eigenvalue weighted by Gasteiger charge is -2.10. The van der Waals surface area contributed by atoms with Crippen LogP contribution >= 0.6 is 23.2 Å². The summed E-state index contributed by atoms with van der Waals surface area (Å²) in [4.78, 5) is 0. The molecule has 0 aromatic heterocycles. The predicted octanol–water partition coefficient (Wildman–Crippen LogP) is 6.05. The van der Waals surface area contributed by atoms with Crippen molar-refractivity contribution in [3.63, 3.8) is 0 Å². The van der Waals surface area contributed by atoms with Gasteiger partial charge >= 0.3 is 0 Å². The first-order chi connectivity index (χ1) is 8.95. The van der Waals surface area contributed by atoms with Crippen LogP contribution in [0.2, 0.25) is 10.0 Å². The van der Waals surface area contributed by atoms with Gasteiger partial charge in [0.25, 0.3) is 0 Å². The van der Waals surface area contributed by atoms with Crippen LogP contribution in [0.4, 0.5) is 4.39 Å². The fourth-order valence-electron chi connectivity index (χ4n) is 1.76. The van der Waals surface area contributed by atoms with Crippen LogP contribution in [0.1, 0.15) is 25.3 Å². The summed E-state index contributed by atoms with van der Waals surface area (Å²) in [6.07, 6.45) is 0. The Kier molecular flexibility index (Phi) is 4.33. The highest BCUT2D eigenvalue weighted by atomic mass is 35.5. The second-order valence-corrected chi connectivity index (χ2v) is 5.42. The van der Waals surface area contributed by atoms with E-state index in [1.807, 2.05) is 13.8 Å². The predicted molar refractivity (Wildman–Crippen MR) is 77.0 cm³/mol. The van der Waals surface area contributed by atoms with Gasteiger partial charge in [0.1, 0.15) is 17.3 Å². The summed E-state index contributed by atoms with van der Waals surface area (Å²) < 4.78 is 19.4. The molecule has 0 radical (unpaired) electrons. The van der Waals surface area contributed by atoms with Gasteiger partial charge in [-0.1, -0.05) is 43.1 Å². The fraction of sp³-hybridized carbons (Fsp3) is 0.200. The van der Waals surface area contributed by atoms with Gasteiger partial charge in [0.05, 0.1) is 0 Å². The molecule has 0 unspecified atom stereocenters. The van der Waals surface area contributed by atoms with E-state index in [4.69, 9.17) is 27.9 Å². The smallest absolute Gasteiger partial charge is 0.130 e. The molecule has 2 aromatic rings. The molecule has 2 aromatic carbocycles. The number of hydrogen-bond acceptors (Lipinski definition) is 1. The Morgan fingerprint density at radius 2 is 1.58 bits per heavy atom. The molecular formula is C15H13Cl2FO. The van der Waals surface area contributed by atoms with Crippen LogP contribution in [0.5, 0.6) is 11.5 Å². The third-order valence-electron chi connectivity index (χ3n) is 2.67. The third-order valence-corrected chi connectivity index (χ3v) is 3.10. The van der Waals surface area contributed by atoms with Gasteiger partial charge in [-0.2, -0.15) is 0 Å². The SMILES string of the molecule is CC(C)c1ccc(Oc2cc(Cl)cc(Cl)c2)cc1F. The monoisotopic (exact) mass is 298 g/mol. The van der Waals surface area contributed by atoms with Crippen LogP contribution in [-0.2, 0) is 0 Å². The van der Waals surface area contributed by atoms with E-state index in [0.29, 0.717) is 27.1 Å². The van der Waals surface area contributed by atoms with Crippen LogP contribution in [0.25, 0.3) is 0 Å². The zero-order chi connectivity index (χ0) is 14.0. The van der Waals surface area contributed by atoms with E-state index in [2.05, 4.69) is 0 Å². The Morgan fingerprint density at radius 3 is 2.11 bits per heavy atom. The van der Waals surface area contributed by atoms with Crippen molar-refractivity contribution in [3.05, 3.63) is 57.8 Å². The van der Waals surface area contributed by atoms with Crippen molar-refractivity contribution >= 4 is 23.2 Å². The summed E-state index contributed by atoms with van der Waals surface area (Å²) in [7, 11) is 0. The van der Waals surface area contributed by atoms with Crippen LogP contribution in [-0.4, -0.2) is 0 Å². The molecule has 0 aliphatic rings. The molecule has 0 amide bonds. The van der Waals surface area contributed by atoms with E-state index >= 15 is 0 Å². The average Bonchev–Trinajstić information content (AvgIpc) is 2.26. The van der Waals surface area contributed by atoms with Gasteiger partial charge in [-0.3, -0.25) is 0 Å². The van der Waals surface area contributed by atoms with Crippen LogP contribution < -0.4 is 4.74 Å². The van der Waals surface area contributed by atoms with Crippen LogP contribution in [0, 0.1) is 5.82 Å². The summed E-state index contributed by atoms with van der Waals surface area (Å²) in [5.41, 5.74) is 0.663. The molecule has 0 atom stereocenters. The molecule has 0 spiro atoms. The minimum Gasteiger partial charge on any atom is -0.457 e. The lowest BCUT2D eigenvalue weighted by atomic mass is 10.0. The topological polar surface area (TPSA) is 9.23 Å². The summed E-state index contributed by atoms with van der Waals surface area (Å²) in [5, 5.41) is 0.948. The van der Waals surface area contributed by atoms with E-state index < -0.39 is 0 Å². The molecule has 0 aliphatic carbocycles. The van der Waals surface area contributed by atoms with Crippen molar-refractivity contribution < 1.29 is 9.13 Å². The first-order valence-electron chi connectivity index (χ1n) is 5.89. The molecule has 1 nitrogen and oxygen atoms in total. The Balaban J connectivity index is 2.26. The quantitative estimate of drug-likeness (QED) is 0.670. The normalized spacial score (nSPS) is 10.8. The number of rotatable bonds is 3. The Labute approximate surface area is 121 Å². The average molecular weight is 299 g/mol. The highest BCUT2D eigenvalue weighted by Gasteiger charge is 2.08. The maximum absolute atomic E-state index is 13.8. The lowest BCUT2D eigenvalue weighted by molar-refractivity contribution is 0.475. The standard InChI is InChI=1S/C15H13Cl2FO/c1-9(2)14-4-3-12(8-15(14)18)19-13-6-10(16)5-11(17)7-13/h3-9H,1-2H3. The van der Waals surface area contributed by atoms with Crippen molar-refractivity contribution in [3.8, 4) is 11.5 Å². The Morgan fingerprint density at radius 1 is 0.947 bits per heavy atom. The molecule has 0 N–H and O–H groups in total. The second-order valence-electron chi connectivity index (χ2n) is 4.55. The molecule has 4 heteroatoms. The van der Waals surface area contributed by atoms with Crippen molar-refractivity contribution in [1.82, 2.24) is 0 Å². The first-order valence-corrected chi connectivity index (χ1v) is 6.64. The first kappa shape index (κ1) is 14.2. The highest BCUT2D eigenvalue weighted by Crippen LogP contribution is 2.30. The Bertz CT molecular complexity index is 576. The molecule has 0 saturated carbocycles. The van der Waals surface area contributed by atoms with Crippen molar-refractivity contribution in [2.45, 2.75) is 19.8 Å². The molecule has 100 valence electrons. The van der Waals surface area contributed by atoms with E-state index in [1.165, 1.54) is 6.07 Å². The maximum Gasteiger partial charge on any atom is 0.130 e. The molecular weight excluding hydrogens is 286 g/mol. The highest BCUT2D eigenvalue weighted by molar-refractivity contribution is 6.34. The fourth-order valence-corrected chi connectivity index (χ4v) is 2.27. The number of hydrogen-bond donors (Lipinski definition) is 0. The van der Waals surface area contributed by atoms with E-state index in [0.717, 1.165) is 0 Å². The maximum atomic E-state index is 13.8. The largest absolute Gasteiger partial charge is 0.457 e. The van der Waals surface area contributed by atoms with Crippen molar-refractivity contribution in [1.29, 1.82) is 0 Å². The molecule has 2 rings (SSSR count). The van der Waals surface area contributed by atoms with Crippen molar-refractivity contribution in [2.75, 3.05) is 0 Å². The molecule has 0 fully saturated rings. The zero-order valence-electron chi connectivity index (χ0n) is 10.6. The minimum atomic E-state index is -0.277. The summed E-state index contributed by atoms with van der Waals surface area (Å²) in [5.74, 6) is 0.754. The molecule has 0 saturated heterocycles. The van der Waals surface area contributed by atoms with Gasteiger partial charge in [-0.15, -0.1) is 0 Å². The van der Waals surface area contributed by atoms with E-state index in [-0.39, 0.29) is 11.7 Å². The van der Waals surface area contributed by atoms with Gasteiger partial charge in [0, 0.05) is 16.1 Å². The van der Waals surface area contributed by atoms with Crippen LogP contribution in [0.15, 0.2) is 36.4 Å². The van der Waals surface area contributed by atoms with Gasteiger partial charge in [0.15, 0.2) is 0 Å². The minimum absolute atomic E-state index is 0.134. The van der Waals surface area contributed by atoms with Gasteiger partial charge in [-0.25, -0.2) is 4.39 Å². The summed E-state index contributed by atoms with van der Waals surface area (Å²) in [6.45, 7) is 3.88. The molecule has 0 bridgehead atoms. The van der Waals surface area contributed by atoms with E-state index in [1.54, 1.807) is 30.3 Å². The third kappa shape index (κ3) is 3.62. The van der Waals surface area contributed by atoms with Gasteiger partial charge < -0.3 is 4.74 Å². The van der Waals surface area contributed by atoms with Gasteiger partial charge in [-0.05, 0) is 35.7 Å². The van der Waals surface area contributed by atoms with E-state index in [9.17, 15) is 4.39 Å². The number of benzene rings is 2. The summed E-state index contributed by atoms with van der Waals surface area (Å²) in [6, 6.07) is 9.68. The molecule has 0 aliphatic heterocycles.